The summed E-state index contributed by atoms with van der Waals surface area (Å²) in [5.41, 5.74) is 0. The number of carbonyl (C=O) groups is 1. The van der Waals surface area contributed by atoms with Crippen molar-refractivity contribution < 1.29 is 45.7 Å². The summed E-state index contributed by atoms with van der Waals surface area (Å²) in [6, 6.07) is 0. The molecule has 0 atom stereocenters. The maximum atomic E-state index is 12.7. The molecule has 0 saturated carbocycles. The Morgan fingerprint density at radius 3 is 1.53 bits per heavy atom. The normalized spacial score (nSPS) is 14.9. The lowest BCUT2D eigenvalue weighted by molar-refractivity contribution is -0.421. The van der Waals surface area contributed by atoms with Crippen LogP contribution in [-0.2, 0) is 4.79 Å². The van der Waals surface area contributed by atoms with Crippen molar-refractivity contribution in [1.29, 1.82) is 0 Å². The van der Waals surface area contributed by atoms with Crippen LogP contribution in [0.1, 0.15) is 13.3 Å². The predicted molar refractivity (Wildman–Crippen MR) is 38.4 cm³/mol. The third-order valence-corrected chi connectivity index (χ3v) is 1.75. The molecule has 0 saturated heterocycles. The fraction of sp³-hybridized carbons (Fsp3) is 0.857. The van der Waals surface area contributed by atoms with E-state index in [2.05, 4.69) is 0 Å². The Bertz CT molecular complexity index is 307. The Balaban J connectivity index is 5.47. The number of aliphatic hydroxyl groups is 2. The summed E-state index contributed by atoms with van der Waals surface area (Å²) < 4.78 is 85.1. The first-order valence-electron chi connectivity index (χ1n) is 3.93. The van der Waals surface area contributed by atoms with Gasteiger partial charge in [0.05, 0.1) is 6.42 Å². The molecule has 0 amide bonds. The first-order valence-corrected chi connectivity index (χ1v) is 3.93. The Morgan fingerprint density at radius 1 is 0.941 bits per heavy atom. The van der Waals surface area contributed by atoms with E-state index in [0.29, 0.717) is 6.92 Å². The van der Waals surface area contributed by atoms with E-state index in [0.717, 1.165) is 0 Å². The molecule has 3 nitrogen and oxygen atoms in total. The molecular weight excluding hydrogens is 265 g/mol. The second-order valence-electron chi connectivity index (χ2n) is 3.34. The molecule has 102 valence electrons. The highest BCUT2D eigenvalue weighted by Crippen LogP contribution is 2.51. The molecule has 0 aromatic carbocycles. The van der Waals surface area contributed by atoms with Gasteiger partial charge >= 0.3 is 18.0 Å². The number of halogens is 7. The molecule has 0 rings (SSSR count). The van der Waals surface area contributed by atoms with E-state index in [4.69, 9.17) is 10.2 Å². The number of ketones is 1. The summed E-state index contributed by atoms with van der Waals surface area (Å²) in [5.74, 6) is -19.1. The summed E-state index contributed by atoms with van der Waals surface area (Å²) in [7, 11) is 0. The summed E-state index contributed by atoms with van der Waals surface area (Å²) in [6.45, 7) is 0.517. The monoisotopic (exact) mass is 272 g/mol. The van der Waals surface area contributed by atoms with Crippen LogP contribution in [0.5, 0.6) is 0 Å². The van der Waals surface area contributed by atoms with Crippen LogP contribution in [0, 0.1) is 0 Å². The number of hydrogen-bond donors (Lipinski definition) is 2. The fourth-order valence-electron chi connectivity index (χ4n) is 0.888. The molecule has 0 radical (unpaired) electrons. The average molecular weight is 272 g/mol. The smallest absolute Gasteiger partial charge is 0.360 e. The molecule has 0 aliphatic heterocycles. The average Bonchev–Trinajstić information content (AvgIpc) is 1.98. The first-order chi connectivity index (χ1) is 7.17. The van der Waals surface area contributed by atoms with Crippen molar-refractivity contribution in [3.05, 3.63) is 0 Å². The first kappa shape index (κ1) is 16.1. The van der Waals surface area contributed by atoms with Gasteiger partial charge in [-0.3, -0.25) is 4.79 Å². The van der Waals surface area contributed by atoms with Crippen LogP contribution in [0.4, 0.5) is 30.7 Å². The molecule has 0 aromatic heterocycles. The zero-order chi connectivity index (χ0) is 14.3. The van der Waals surface area contributed by atoms with Crippen LogP contribution in [0.2, 0.25) is 0 Å². The zero-order valence-electron chi connectivity index (χ0n) is 8.16. The largest absolute Gasteiger partial charge is 0.460 e. The fourth-order valence-corrected chi connectivity index (χ4v) is 0.888. The highest BCUT2D eigenvalue weighted by Gasteiger charge is 2.79. The van der Waals surface area contributed by atoms with Crippen LogP contribution >= 0.6 is 0 Å². The maximum absolute atomic E-state index is 12.7. The van der Waals surface area contributed by atoms with Crippen molar-refractivity contribution in [3.8, 4) is 0 Å². The zero-order valence-corrected chi connectivity index (χ0v) is 8.16. The molecule has 0 unspecified atom stereocenters. The number of alkyl halides is 7. The lowest BCUT2D eigenvalue weighted by Gasteiger charge is -2.36. The number of carbonyl (C=O) groups excluding carboxylic acids is 1. The van der Waals surface area contributed by atoms with Crippen LogP contribution in [0.15, 0.2) is 0 Å². The molecule has 10 heteroatoms. The van der Waals surface area contributed by atoms with E-state index in [9.17, 15) is 35.5 Å². The van der Waals surface area contributed by atoms with Gasteiger partial charge in [-0.05, 0) is 6.92 Å². The van der Waals surface area contributed by atoms with Gasteiger partial charge < -0.3 is 10.2 Å². The van der Waals surface area contributed by atoms with Crippen molar-refractivity contribution in [2.75, 3.05) is 0 Å². The quantitative estimate of drug-likeness (QED) is 0.602. The van der Waals surface area contributed by atoms with Gasteiger partial charge in [0.2, 0.25) is 5.79 Å². The van der Waals surface area contributed by atoms with E-state index >= 15 is 0 Å². The van der Waals surface area contributed by atoms with Gasteiger partial charge in [0.15, 0.2) is 0 Å². The minimum Gasteiger partial charge on any atom is -0.360 e. The van der Waals surface area contributed by atoms with Crippen molar-refractivity contribution in [3.63, 3.8) is 0 Å². The Hall–Kier alpha value is -0.900. The van der Waals surface area contributed by atoms with Crippen LogP contribution in [0.25, 0.3) is 0 Å². The van der Waals surface area contributed by atoms with Crippen molar-refractivity contribution in [2.45, 2.75) is 37.2 Å². The lowest BCUT2D eigenvalue weighted by atomic mass is 9.97. The van der Waals surface area contributed by atoms with Crippen molar-refractivity contribution >= 4 is 5.78 Å². The molecule has 0 bridgehead atoms. The predicted octanol–water partition coefficient (Wildman–Crippen LogP) is 1.48. The number of rotatable bonds is 4. The van der Waals surface area contributed by atoms with Crippen LogP contribution in [-0.4, -0.2) is 39.8 Å². The van der Waals surface area contributed by atoms with Gasteiger partial charge in [-0.25, -0.2) is 0 Å². The van der Waals surface area contributed by atoms with Gasteiger partial charge in [0.1, 0.15) is 5.78 Å². The van der Waals surface area contributed by atoms with Gasteiger partial charge in [-0.2, -0.15) is 30.7 Å². The topological polar surface area (TPSA) is 57.5 Å². The summed E-state index contributed by atoms with van der Waals surface area (Å²) >= 11 is 0. The van der Waals surface area contributed by atoms with Gasteiger partial charge in [-0.1, -0.05) is 0 Å². The molecule has 0 aliphatic rings. The molecule has 0 aromatic rings. The molecule has 0 spiro atoms. The summed E-state index contributed by atoms with van der Waals surface area (Å²) in [6.07, 6.45) is -8.66. The Kier molecular flexibility index (Phi) is 3.87. The van der Waals surface area contributed by atoms with Crippen molar-refractivity contribution in [2.24, 2.45) is 0 Å². The van der Waals surface area contributed by atoms with E-state index in [1.165, 1.54) is 0 Å². The molecule has 2 N–H and O–H groups in total. The van der Waals surface area contributed by atoms with Crippen LogP contribution in [0.3, 0.4) is 0 Å². The minimum atomic E-state index is -6.69. The molecule has 0 aliphatic carbocycles. The number of hydrogen-bond acceptors (Lipinski definition) is 3. The van der Waals surface area contributed by atoms with Crippen molar-refractivity contribution in [1.82, 2.24) is 0 Å². The second kappa shape index (κ2) is 4.09. The standard InChI is InChI=1S/C7H7F7O3/c1-3(15)2-4(16,17)5(8,9)6(10,11)7(12,13)14/h16-17H,2H2,1H3. The molecule has 0 fully saturated rings. The third-order valence-electron chi connectivity index (χ3n) is 1.75. The van der Waals surface area contributed by atoms with E-state index in [1.54, 1.807) is 0 Å². The summed E-state index contributed by atoms with van der Waals surface area (Å²) in [5, 5.41) is 17.0. The molecule has 0 heterocycles. The lowest BCUT2D eigenvalue weighted by Crippen LogP contribution is -2.64. The minimum absolute atomic E-state index is 0.517. The highest BCUT2D eigenvalue weighted by molar-refractivity contribution is 5.76. The summed E-state index contributed by atoms with van der Waals surface area (Å²) in [4.78, 5) is 10.3. The second-order valence-corrected chi connectivity index (χ2v) is 3.34. The Morgan fingerprint density at radius 2 is 1.29 bits per heavy atom. The van der Waals surface area contributed by atoms with Crippen LogP contribution < -0.4 is 0 Å². The number of Topliss-reactive ketones (excluding diaryl/α,β-unsaturated/α-hetero) is 1. The SMILES string of the molecule is CC(=O)CC(O)(O)C(F)(F)C(F)(F)C(F)(F)F. The van der Waals surface area contributed by atoms with Gasteiger partial charge in [0, 0.05) is 0 Å². The van der Waals surface area contributed by atoms with E-state index < -0.39 is 36.0 Å². The third kappa shape index (κ3) is 2.68. The van der Waals surface area contributed by atoms with Gasteiger partial charge in [0.25, 0.3) is 0 Å². The van der Waals surface area contributed by atoms with Gasteiger partial charge in [-0.15, -0.1) is 0 Å². The van der Waals surface area contributed by atoms with E-state index in [1.807, 2.05) is 0 Å². The maximum Gasteiger partial charge on any atom is 0.460 e. The molecular formula is C7H7F7O3. The molecule has 17 heavy (non-hydrogen) atoms. The Labute approximate surface area is 89.8 Å². The highest BCUT2D eigenvalue weighted by atomic mass is 19.4. The van der Waals surface area contributed by atoms with E-state index in [-0.39, 0.29) is 0 Å².